The third kappa shape index (κ3) is 5.72. The molecular formula is C18H13ClF6N2O4. The molecule has 0 aliphatic rings. The third-order valence-electron chi connectivity index (χ3n) is 3.76. The van der Waals surface area contributed by atoms with E-state index in [1.807, 2.05) is 0 Å². The van der Waals surface area contributed by atoms with E-state index < -0.39 is 41.5 Å². The maximum absolute atomic E-state index is 14.0. The molecule has 0 fully saturated rings. The Labute approximate surface area is 176 Å². The van der Waals surface area contributed by atoms with Crippen LogP contribution in [0.25, 0.3) is 0 Å². The van der Waals surface area contributed by atoms with Gasteiger partial charge in [0.05, 0.1) is 17.7 Å². The van der Waals surface area contributed by atoms with E-state index >= 15 is 0 Å². The van der Waals surface area contributed by atoms with Crippen LogP contribution in [0.5, 0.6) is 5.75 Å². The summed E-state index contributed by atoms with van der Waals surface area (Å²) in [6, 6.07) is 8.13. The quantitative estimate of drug-likeness (QED) is 0.369. The van der Waals surface area contributed by atoms with Crippen molar-refractivity contribution in [2.45, 2.75) is 18.2 Å². The summed E-state index contributed by atoms with van der Waals surface area (Å²) >= 11 is 5.82. The molecule has 31 heavy (non-hydrogen) atoms. The lowest BCUT2D eigenvalue weighted by atomic mass is 10.1. The first-order valence-corrected chi connectivity index (χ1v) is 8.53. The van der Waals surface area contributed by atoms with E-state index in [0.29, 0.717) is 19.2 Å². The maximum Gasteiger partial charge on any atom is 0.573 e. The molecule has 0 aliphatic carbocycles. The molecule has 0 aliphatic heterocycles. The van der Waals surface area contributed by atoms with Crippen LogP contribution in [0.3, 0.4) is 0 Å². The van der Waals surface area contributed by atoms with Gasteiger partial charge in [-0.2, -0.15) is 13.2 Å². The number of ether oxygens (including phenoxy) is 2. The molecule has 2 rings (SSSR count). The summed E-state index contributed by atoms with van der Waals surface area (Å²) < 4.78 is 86.6. The fraction of sp³-hybridized carbons (Fsp3) is 0.222. The highest BCUT2D eigenvalue weighted by Crippen LogP contribution is 2.34. The Bertz CT molecular complexity index is 949. The largest absolute Gasteiger partial charge is 0.573 e. The van der Waals surface area contributed by atoms with Gasteiger partial charge in [-0.05, 0) is 36.4 Å². The summed E-state index contributed by atoms with van der Waals surface area (Å²) in [6.07, 6.45) is -10.5. The summed E-state index contributed by atoms with van der Waals surface area (Å²) in [7, 11) is 0.659. The van der Waals surface area contributed by atoms with Gasteiger partial charge in [-0.25, -0.2) is 4.79 Å². The van der Waals surface area contributed by atoms with Gasteiger partial charge in [-0.3, -0.25) is 4.79 Å². The first-order chi connectivity index (χ1) is 14.3. The van der Waals surface area contributed by atoms with Crippen molar-refractivity contribution < 1.29 is 45.4 Å². The second kappa shape index (κ2) is 8.92. The number of halogens is 7. The third-order valence-corrected chi connectivity index (χ3v) is 4.09. The summed E-state index contributed by atoms with van der Waals surface area (Å²) in [5, 5.41) is 3.13. The van der Waals surface area contributed by atoms with Crippen molar-refractivity contribution in [2.24, 2.45) is 0 Å². The van der Waals surface area contributed by atoms with E-state index in [0.717, 1.165) is 18.2 Å². The molecule has 0 spiro atoms. The number of nitrogens with one attached hydrogen (secondary N) is 2. The molecule has 6 nitrogen and oxygen atoms in total. The predicted molar refractivity (Wildman–Crippen MR) is 96.5 cm³/mol. The smallest absolute Gasteiger partial charge is 0.466 e. The summed E-state index contributed by atoms with van der Waals surface area (Å²) in [5.41, 5.74) is -4.63. The number of amides is 1. The second-order valence-corrected chi connectivity index (χ2v) is 6.28. The minimum atomic E-state index is -5.45. The Balaban J connectivity index is 2.44. The van der Waals surface area contributed by atoms with Crippen molar-refractivity contribution in [1.29, 1.82) is 0 Å². The Morgan fingerprint density at radius 1 is 0.935 bits per heavy atom. The van der Waals surface area contributed by atoms with Crippen LogP contribution in [0, 0.1) is 0 Å². The van der Waals surface area contributed by atoms with Crippen LogP contribution >= 0.6 is 11.6 Å². The van der Waals surface area contributed by atoms with Crippen LogP contribution < -0.4 is 15.4 Å². The molecular weight excluding hydrogens is 458 g/mol. The highest BCUT2D eigenvalue weighted by Gasteiger charge is 2.63. The van der Waals surface area contributed by atoms with E-state index in [-0.39, 0.29) is 10.6 Å². The fourth-order valence-electron chi connectivity index (χ4n) is 2.38. The van der Waals surface area contributed by atoms with Gasteiger partial charge < -0.3 is 20.1 Å². The number of carbonyl (C=O) groups is 2. The number of carbonyl (C=O) groups excluding carboxylic acids is 2. The van der Waals surface area contributed by atoms with E-state index in [1.54, 1.807) is 5.32 Å². The van der Waals surface area contributed by atoms with Crippen molar-refractivity contribution in [3.63, 3.8) is 0 Å². The van der Waals surface area contributed by atoms with Gasteiger partial charge in [0.2, 0.25) is 0 Å². The van der Waals surface area contributed by atoms with Crippen LogP contribution in [0.4, 0.5) is 32.0 Å². The normalized spacial score (nSPS) is 13.7. The van der Waals surface area contributed by atoms with Gasteiger partial charge in [0, 0.05) is 5.69 Å². The number of hydrogen-bond donors (Lipinski definition) is 2. The van der Waals surface area contributed by atoms with Gasteiger partial charge in [0.25, 0.3) is 5.91 Å². The monoisotopic (exact) mass is 470 g/mol. The number of esters is 1. The van der Waals surface area contributed by atoms with Crippen molar-refractivity contribution >= 4 is 29.2 Å². The van der Waals surface area contributed by atoms with Crippen molar-refractivity contribution in [1.82, 2.24) is 5.32 Å². The van der Waals surface area contributed by atoms with Crippen molar-refractivity contribution in [3.05, 3.63) is 59.1 Å². The highest BCUT2D eigenvalue weighted by atomic mass is 35.5. The fourth-order valence-corrected chi connectivity index (χ4v) is 2.60. The van der Waals surface area contributed by atoms with E-state index in [2.05, 4.69) is 9.47 Å². The number of anilines is 1. The Hall–Kier alpha value is -3.15. The average molecular weight is 471 g/mol. The van der Waals surface area contributed by atoms with Gasteiger partial charge in [-0.15, -0.1) is 13.2 Å². The molecule has 2 N–H and O–H groups in total. The molecule has 2 aromatic rings. The zero-order valence-corrected chi connectivity index (χ0v) is 16.2. The van der Waals surface area contributed by atoms with Gasteiger partial charge in [-0.1, -0.05) is 23.7 Å². The molecule has 0 heterocycles. The average Bonchev–Trinajstić information content (AvgIpc) is 2.66. The zero-order chi connectivity index (χ0) is 23.4. The van der Waals surface area contributed by atoms with Crippen molar-refractivity contribution in [2.75, 3.05) is 12.4 Å². The SMILES string of the molecule is COC(=O)[C@](NC(=O)c1ccccc1Cl)(Nc1ccc(OC(F)(F)F)cc1)C(F)(F)F. The van der Waals surface area contributed by atoms with Gasteiger partial charge in [0.1, 0.15) is 5.75 Å². The molecule has 0 aromatic heterocycles. The minimum Gasteiger partial charge on any atom is -0.466 e. The lowest BCUT2D eigenvalue weighted by Gasteiger charge is -2.35. The molecule has 168 valence electrons. The predicted octanol–water partition coefficient (Wildman–Crippen LogP) is 4.51. The second-order valence-electron chi connectivity index (χ2n) is 5.87. The van der Waals surface area contributed by atoms with Crippen LogP contribution in [-0.2, 0) is 9.53 Å². The molecule has 1 amide bonds. The zero-order valence-electron chi connectivity index (χ0n) is 15.4. The van der Waals surface area contributed by atoms with E-state index in [4.69, 9.17) is 11.6 Å². The number of benzene rings is 2. The maximum atomic E-state index is 14.0. The topological polar surface area (TPSA) is 76.7 Å². The Morgan fingerprint density at radius 3 is 2.00 bits per heavy atom. The van der Waals surface area contributed by atoms with E-state index in [1.165, 1.54) is 23.5 Å². The molecule has 0 saturated carbocycles. The molecule has 13 heteroatoms. The Morgan fingerprint density at radius 2 is 1.52 bits per heavy atom. The lowest BCUT2D eigenvalue weighted by molar-refractivity contribution is -0.274. The molecule has 0 radical (unpaired) electrons. The lowest BCUT2D eigenvalue weighted by Crippen LogP contribution is -2.69. The standard InChI is InChI=1S/C18H13ClF6N2O4/c1-30-15(29)16(17(20,21)22,27-14(28)12-4-2-3-5-13(12)19)26-10-6-8-11(9-7-10)31-18(23,24)25/h2-9,26H,1H3,(H,27,28)/t16-/m1/s1. The van der Waals surface area contributed by atoms with Crippen molar-refractivity contribution in [3.8, 4) is 5.75 Å². The minimum absolute atomic E-state index is 0.186. The molecule has 2 aromatic carbocycles. The number of hydrogen-bond acceptors (Lipinski definition) is 5. The highest BCUT2D eigenvalue weighted by molar-refractivity contribution is 6.33. The van der Waals surface area contributed by atoms with Crippen LogP contribution in [0.2, 0.25) is 5.02 Å². The molecule has 0 unspecified atom stereocenters. The summed E-state index contributed by atoms with van der Waals surface area (Å²) in [4.78, 5) is 24.6. The molecule has 0 bridgehead atoms. The van der Waals surface area contributed by atoms with Crippen LogP contribution in [0.1, 0.15) is 10.4 Å². The molecule has 1 atom stereocenters. The summed E-state index contributed by atoms with van der Waals surface area (Å²) in [5.74, 6) is -4.01. The van der Waals surface area contributed by atoms with E-state index in [9.17, 15) is 35.9 Å². The number of rotatable bonds is 6. The van der Waals surface area contributed by atoms with Gasteiger partial charge >= 0.3 is 24.2 Å². The Kier molecular flexibility index (Phi) is 6.94. The first-order valence-electron chi connectivity index (χ1n) is 8.15. The van der Waals surface area contributed by atoms with Crippen LogP contribution in [0.15, 0.2) is 48.5 Å². The van der Waals surface area contributed by atoms with Gasteiger partial charge in [0.15, 0.2) is 0 Å². The number of methoxy groups -OCH3 is 1. The molecule has 0 saturated heterocycles. The first kappa shape index (κ1) is 24.1. The number of alkyl halides is 6. The summed E-state index contributed by atoms with van der Waals surface area (Å²) in [6.45, 7) is 0. The van der Waals surface area contributed by atoms with Crippen LogP contribution in [-0.4, -0.2) is 37.2 Å².